The standard InChI is InChI=1S/C14H22ClN3O4/c1-6-10-12(8(3)13(19)21-5)11(7-2)17-18(16-10)14(20)22-9(4)15/h8-9,12H,6-7H2,1-5H3. The molecule has 0 spiro atoms. The third-order valence-corrected chi connectivity index (χ3v) is 3.48. The minimum atomic E-state index is -0.778. The minimum Gasteiger partial charge on any atom is -0.469 e. The minimum absolute atomic E-state index is 0.278. The van der Waals surface area contributed by atoms with Crippen molar-refractivity contribution in [2.24, 2.45) is 22.0 Å². The zero-order valence-corrected chi connectivity index (χ0v) is 14.3. The number of nitrogens with zero attached hydrogens (tertiary/aromatic N) is 3. The molecule has 0 aliphatic carbocycles. The molecule has 7 nitrogen and oxygen atoms in total. The van der Waals surface area contributed by atoms with E-state index in [1.165, 1.54) is 14.0 Å². The summed E-state index contributed by atoms with van der Waals surface area (Å²) in [6, 6.07) is 0. The van der Waals surface area contributed by atoms with E-state index in [1.54, 1.807) is 6.92 Å². The zero-order chi connectivity index (χ0) is 16.9. The molecule has 1 aliphatic heterocycles. The van der Waals surface area contributed by atoms with Crippen molar-refractivity contribution in [3.05, 3.63) is 0 Å². The van der Waals surface area contributed by atoms with Gasteiger partial charge in [0, 0.05) is 0 Å². The molecule has 0 fully saturated rings. The van der Waals surface area contributed by atoms with Crippen molar-refractivity contribution < 1.29 is 19.1 Å². The molecule has 22 heavy (non-hydrogen) atoms. The lowest BCUT2D eigenvalue weighted by molar-refractivity contribution is -0.145. The first-order valence-corrected chi connectivity index (χ1v) is 7.66. The van der Waals surface area contributed by atoms with E-state index in [0.29, 0.717) is 24.3 Å². The van der Waals surface area contributed by atoms with Gasteiger partial charge in [0.25, 0.3) is 0 Å². The summed E-state index contributed by atoms with van der Waals surface area (Å²) in [4.78, 5) is 23.8. The molecular weight excluding hydrogens is 310 g/mol. The maximum Gasteiger partial charge on any atom is 0.453 e. The Bertz CT molecular complexity index is 468. The summed E-state index contributed by atoms with van der Waals surface area (Å²) >= 11 is 5.64. The molecule has 1 amide bonds. The highest BCUT2D eigenvalue weighted by Gasteiger charge is 2.36. The predicted octanol–water partition coefficient (Wildman–Crippen LogP) is 2.98. The fourth-order valence-corrected chi connectivity index (χ4v) is 2.41. The number of carbonyl (C=O) groups is 2. The van der Waals surface area contributed by atoms with E-state index in [1.807, 2.05) is 13.8 Å². The summed E-state index contributed by atoms with van der Waals surface area (Å²) in [6.07, 6.45) is 0.403. The number of alkyl halides is 1. The molecule has 0 bridgehead atoms. The molecule has 0 aromatic heterocycles. The lowest BCUT2D eigenvalue weighted by Crippen LogP contribution is -2.41. The number of hydrogen-bond donors (Lipinski definition) is 0. The van der Waals surface area contributed by atoms with E-state index >= 15 is 0 Å². The fraction of sp³-hybridized carbons (Fsp3) is 0.714. The Morgan fingerprint density at radius 2 is 1.73 bits per heavy atom. The summed E-state index contributed by atoms with van der Waals surface area (Å²) in [5.74, 6) is -1.04. The van der Waals surface area contributed by atoms with Crippen LogP contribution in [-0.4, -0.2) is 41.3 Å². The van der Waals surface area contributed by atoms with E-state index in [-0.39, 0.29) is 11.9 Å². The maximum absolute atomic E-state index is 11.9. The van der Waals surface area contributed by atoms with Gasteiger partial charge in [0.15, 0.2) is 5.56 Å². The predicted molar refractivity (Wildman–Crippen MR) is 83.8 cm³/mol. The van der Waals surface area contributed by atoms with Gasteiger partial charge in [-0.3, -0.25) is 4.79 Å². The third kappa shape index (κ3) is 4.19. The molecule has 0 aromatic carbocycles. The van der Waals surface area contributed by atoms with Gasteiger partial charge in [-0.1, -0.05) is 37.5 Å². The Morgan fingerprint density at radius 3 is 2.09 bits per heavy atom. The summed E-state index contributed by atoms with van der Waals surface area (Å²) < 4.78 is 9.69. The monoisotopic (exact) mass is 331 g/mol. The van der Waals surface area contributed by atoms with Gasteiger partial charge < -0.3 is 9.47 Å². The van der Waals surface area contributed by atoms with Crippen LogP contribution in [0.2, 0.25) is 0 Å². The second kappa shape index (κ2) is 8.12. The Kier molecular flexibility index (Phi) is 6.80. The number of hydrazone groups is 2. The molecule has 2 unspecified atom stereocenters. The molecule has 1 rings (SSSR count). The normalized spacial score (nSPS) is 18.2. The number of ether oxygens (including phenoxy) is 2. The van der Waals surface area contributed by atoms with Crippen LogP contribution in [0.5, 0.6) is 0 Å². The second-order valence-corrected chi connectivity index (χ2v) is 5.51. The van der Waals surface area contributed by atoms with Crippen molar-refractivity contribution in [3.8, 4) is 0 Å². The van der Waals surface area contributed by atoms with Gasteiger partial charge in [0.2, 0.25) is 0 Å². The van der Waals surface area contributed by atoms with Crippen LogP contribution in [0.25, 0.3) is 0 Å². The van der Waals surface area contributed by atoms with Gasteiger partial charge in [0.1, 0.15) is 0 Å². The van der Waals surface area contributed by atoms with Crippen LogP contribution in [-0.2, 0) is 14.3 Å². The number of carbonyl (C=O) groups excluding carboxylic acids is 2. The molecule has 2 atom stereocenters. The van der Waals surface area contributed by atoms with Crippen LogP contribution in [0.1, 0.15) is 40.5 Å². The summed E-state index contributed by atoms with van der Waals surface area (Å²) in [6.45, 7) is 7.10. The largest absolute Gasteiger partial charge is 0.469 e. The van der Waals surface area contributed by atoms with Crippen molar-refractivity contribution in [2.75, 3.05) is 7.11 Å². The van der Waals surface area contributed by atoms with Gasteiger partial charge >= 0.3 is 12.1 Å². The van der Waals surface area contributed by atoms with Crippen LogP contribution >= 0.6 is 11.6 Å². The Balaban J connectivity index is 3.10. The van der Waals surface area contributed by atoms with E-state index in [0.717, 1.165) is 5.12 Å². The number of rotatable bonds is 5. The van der Waals surface area contributed by atoms with Crippen molar-refractivity contribution >= 4 is 35.1 Å². The quantitative estimate of drug-likeness (QED) is 0.573. The van der Waals surface area contributed by atoms with Crippen LogP contribution in [0.4, 0.5) is 4.79 Å². The molecular formula is C14H22ClN3O4. The SMILES string of the molecule is CCC1=NN(C(=O)OC(C)Cl)N=C(CC)C1C(C)C(=O)OC. The first kappa shape index (κ1) is 18.4. The summed E-state index contributed by atoms with van der Waals surface area (Å²) in [5, 5.41) is 9.28. The van der Waals surface area contributed by atoms with Gasteiger partial charge in [-0.15, -0.1) is 0 Å². The van der Waals surface area contributed by atoms with Gasteiger partial charge in [-0.05, 0) is 19.8 Å². The molecule has 0 aromatic rings. The molecule has 0 N–H and O–H groups in total. The number of halogens is 1. The summed E-state index contributed by atoms with van der Waals surface area (Å²) in [5.41, 5.74) is 0.590. The van der Waals surface area contributed by atoms with Crippen LogP contribution in [0.15, 0.2) is 10.2 Å². The fourth-order valence-electron chi connectivity index (χ4n) is 2.33. The molecule has 0 saturated heterocycles. The van der Waals surface area contributed by atoms with Crippen molar-refractivity contribution in [3.63, 3.8) is 0 Å². The number of hydrogen-bond acceptors (Lipinski definition) is 6. The van der Waals surface area contributed by atoms with E-state index in [9.17, 15) is 9.59 Å². The molecule has 1 heterocycles. The first-order valence-electron chi connectivity index (χ1n) is 7.22. The number of methoxy groups -OCH3 is 1. The van der Waals surface area contributed by atoms with Crippen LogP contribution < -0.4 is 0 Å². The molecule has 0 radical (unpaired) electrons. The van der Waals surface area contributed by atoms with Gasteiger partial charge in [0.05, 0.1) is 30.4 Å². The second-order valence-electron chi connectivity index (χ2n) is 4.90. The highest BCUT2D eigenvalue weighted by molar-refractivity contribution is 6.20. The van der Waals surface area contributed by atoms with Crippen molar-refractivity contribution in [2.45, 2.75) is 46.1 Å². The molecule has 8 heteroatoms. The maximum atomic E-state index is 11.9. The Morgan fingerprint density at radius 1 is 1.23 bits per heavy atom. The van der Waals surface area contributed by atoms with Crippen molar-refractivity contribution in [1.82, 2.24) is 5.12 Å². The highest BCUT2D eigenvalue weighted by Crippen LogP contribution is 2.25. The zero-order valence-electron chi connectivity index (χ0n) is 13.5. The topological polar surface area (TPSA) is 80.6 Å². The van der Waals surface area contributed by atoms with E-state index in [2.05, 4.69) is 10.2 Å². The Hall–Kier alpha value is -1.63. The average Bonchev–Trinajstić information content (AvgIpc) is 2.51. The van der Waals surface area contributed by atoms with E-state index < -0.39 is 17.6 Å². The summed E-state index contributed by atoms with van der Waals surface area (Å²) in [7, 11) is 1.35. The van der Waals surface area contributed by atoms with Crippen LogP contribution in [0.3, 0.4) is 0 Å². The highest BCUT2D eigenvalue weighted by atomic mass is 35.5. The third-order valence-electron chi connectivity index (χ3n) is 3.39. The smallest absolute Gasteiger partial charge is 0.453 e. The Labute approximate surface area is 135 Å². The van der Waals surface area contributed by atoms with Gasteiger partial charge in [-0.2, -0.15) is 10.2 Å². The average molecular weight is 332 g/mol. The number of amides is 1. The lowest BCUT2D eigenvalue weighted by Gasteiger charge is -2.30. The van der Waals surface area contributed by atoms with Crippen molar-refractivity contribution in [1.29, 1.82) is 0 Å². The van der Waals surface area contributed by atoms with Crippen LogP contribution in [0, 0.1) is 11.8 Å². The first-order chi connectivity index (χ1) is 10.3. The molecule has 0 saturated carbocycles. The van der Waals surface area contributed by atoms with E-state index in [4.69, 9.17) is 21.1 Å². The lowest BCUT2D eigenvalue weighted by atomic mass is 9.83. The number of esters is 1. The molecule has 124 valence electrons. The molecule has 1 aliphatic rings. The van der Waals surface area contributed by atoms with Gasteiger partial charge in [-0.25, -0.2) is 4.79 Å².